The van der Waals surface area contributed by atoms with Crippen molar-refractivity contribution in [1.82, 2.24) is 10.3 Å². The molecule has 5 N–H and O–H groups in total. The summed E-state index contributed by atoms with van der Waals surface area (Å²) in [6.07, 6.45) is 5.81. The van der Waals surface area contributed by atoms with Crippen LogP contribution >= 0.6 is 0 Å². The first-order chi connectivity index (χ1) is 14.9. The van der Waals surface area contributed by atoms with Crippen molar-refractivity contribution in [2.45, 2.75) is 51.1 Å². The maximum atomic E-state index is 11.9. The Kier molecular flexibility index (Phi) is 6.05. The zero-order chi connectivity index (χ0) is 22.0. The van der Waals surface area contributed by atoms with Crippen LogP contribution in [0, 0.1) is 5.41 Å². The molecule has 0 radical (unpaired) electrons. The molecule has 1 saturated heterocycles. The molecule has 1 spiro atoms. The number of nitrogens with zero attached hydrogens (tertiary/aromatic N) is 2. The molecule has 1 aromatic carbocycles. The smallest absolute Gasteiger partial charge is 0.252 e. The number of pyridine rings is 1. The second-order valence-electron chi connectivity index (χ2n) is 8.93. The molecule has 166 valence electrons. The van der Waals surface area contributed by atoms with Gasteiger partial charge >= 0.3 is 0 Å². The number of nitrogen functional groups attached to an aromatic ring is 1. The number of carbonyl (C=O) groups is 1. The van der Waals surface area contributed by atoms with Gasteiger partial charge in [0.1, 0.15) is 17.4 Å². The van der Waals surface area contributed by atoms with Crippen LogP contribution in [0.4, 0.5) is 11.6 Å². The number of anilines is 2. The molecule has 2 heterocycles. The third kappa shape index (κ3) is 4.32. The quantitative estimate of drug-likeness (QED) is 0.658. The number of aromatic nitrogens is 1. The third-order valence-electron chi connectivity index (χ3n) is 7.19. The number of piperidine rings is 1. The van der Waals surface area contributed by atoms with Crippen LogP contribution < -0.4 is 26.4 Å². The average Bonchev–Trinajstić information content (AvgIpc) is 3.15. The van der Waals surface area contributed by atoms with Gasteiger partial charge in [0.2, 0.25) is 0 Å². The summed E-state index contributed by atoms with van der Waals surface area (Å²) in [5, 5.41) is 3.92. The number of nitrogens with two attached hydrogens (primary N) is 2. The van der Waals surface area contributed by atoms with E-state index in [2.05, 4.69) is 34.3 Å². The fraction of sp³-hybridized carbons (Fsp3) is 0.500. The molecule has 7 heteroatoms. The summed E-state index contributed by atoms with van der Waals surface area (Å²) in [4.78, 5) is 18.5. The molecular formula is C24H33N5O2. The van der Waals surface area contributed by atoms with Crippen LogP contribution in [0.3, 0.4) is 0 Å². The van der Waals surface area contributed by atoms with Gasteiger partial charge in [0.25, 0.3) is 5.91 Å². The summed E-state index contributed by atoms with van der Waals surface area (Å²) < 4.78 is 5.28. The van der Waals surface area contributed by atoms with Crippen molar-refractivity contribution in [3.05, 3.63) is 47.5 Å². The van der Waals surface area contributed by atoms with E-state index >= 15 is 0 Å². The van der Waals surface area contributed by atoms with Gasteiger partial charge in [-0.3, -0.25) is 4.79 Å². The van der Waals surface area contributed by atoms with Crippen LogP contribution in [0.5, 0.6) is 5.75 Å². The number of hydrogen-bond acceptors (Lipinski definition) is 6. The maximum absolute atomic E-state index is 11.9. The molecule has 2 aromatic rings. The van der Waals surface area contributed by atoms with Gasteiger partial charge in [-0.05, 0) is 67.9 Å². The Bertz CT molecular complexity index is 922. The molecule has 1 aliphatic heterocycles. The van der Waals surface area contributed by atoms with E-state index in [0.29, 0.717) is 23.2 Å². The number of carbonyl (C=O) groups excluding carboxylic acids is 1. The summed E-state index contributed by atoms with van der Waals surface area (Å²) in [5.41, 5.74) is 13.5. The minimum absolute atomic E-state index is 0.279. The van der Waals surface area contributed by atoms with Gasteiger partial charge in [0, 0.05) is 25.2 Å². The first-order valence-electron chi connectivity index (χ1n) is 11.1. The highest BCUT2D eigenvalue weighted by Crippen LogP contribution is 2.47. The molecule has 1 aromatic heterocycles. The van der Waals surface area contributed by atoms with E-state index in [1.165, 1.54) is 24.8 Å². The first kappa shape index (κ1) is 21.4. The lowest BCUT2D eigenvalue weighted by molar-refractivity contribution is 0.1000. The van der Waals surface area contributed by atoms with Crippen molar-refractivity contribution in [3.63, 3.8) is 0 Å². The molecule has 4 rings (SSSR count). The number of hydrogen-bond donors (Lipinski definition) is 3. The van der Waals surface area contributed by atoms with Gasteiger partial charge in [-0.2, -0.15) is 0 Å². The summed E-state index contributed by atoms with van der Waals surface area (Å²) in [5.74, 6) is 1.45. The van der Waals surface area contributed by atoms with Crippen molar-refractivity contribution >= 4 is 17.5 Å². The van der Waals surface area contributed by atoms with Crippen molar-refractivity contribution in [2.24, 2.45) is 11.1 Å². The van der Waals surface area contributed by atoms with Gasteiger partial charge in [0.05, 0.1) is 12.7 Å². The van der Waals surface area contributed by atoms with Gasteiger partial charge in [-0.25, -0.2) is 4.98 Å². The van der Waals surface area contributed by atoms with Gasteiger partial charge < -0.3 is 26.4 Å². The van der Waals surface area contributed by atoms with E-state index in [1.807, 2.05) is 12.1 Å². The van der Waals surface area contributed by atoms with Crippen LogP contribution in [-0.2, 0) is 0 Å². The van der Waals surface area contributed by atoms with E-state index in [1.54, 1.807) is 19.2 Å². The maximum Gasteiger partial charge on any atom is 0.252 e. The summed E-state index contributed by atoms with van der Waals surface area (Å²) in [6.45, 7) is 3.94. The molecule has 2 fully saturated rings. The van der Waals surface area contributed by atoms with Gasteiger partial charge in [-0.1, -0.05) is 18.6 Å². The number of methoxy groups -OCH3 is 1. The number of amides is 1. The van der Waals surface area contributed by atoms with Crippen LogP contribution in [0.1, 0.15) is 61.0 Å². The van der Waals surface area contributed by atoms with Crippen molar-refractivity contribution in [1.29, 1.82) is 0 Å². The van der Waals surface area contributed by atoms with E-state index in [9.17, 15) is 4.79 Å². The zero-order valence-corrected chi connectivity index (χ0v) is 18.4. The SMILES string of the molecule is COc1ccc([C@@H](C)N[C@@H]2CCCC23CCN(c2nc(N)ccc2C(N)=O)CC3)cc1. The fourth-order valence-electron chi connectivity index (χ4n) is 5.35. The van der Waals surface area contributed by atoms with E-state index in [4.69, 9.17) is 16.2 Å². The molecule has 2 aliphatic rings. The summed E-state index contributed by atoms with van der Waals surface area (Å²) >= 11 is 0. The summed E-state index contributed by atoms with van der Waals surface area (Å²) in [6, 6.07) is 12.4. The Morgan fingerprint density at radius 3 is 2.55 bits per heavy atom. The number of ether oxygens (including phenoxy) is 1. The Balaban J connectivity index is 1.45. The Morgan fingerprint density at radius 1 is 1.19 bits per heavy atom. The highest BCUT2D eigenvalue weighted by Gasteiger charge is 2.45. The van der Waals surface area contributed by atoms with E-state index < -0.39 is 5.91 Å². The first-order valence-corrected chi connectivity index (χ1v) is 11.1. The molecule has 1 saturated carbocycles. The minimum atomic E-state index is -0.462. The molecule has 2 atom stereocenters. The Morgan fingerprint density at radius 2 is 1.90 bits per heavy atom. The van der Waals surface area contributed by atoms with Crippen molar-refractivity contribution < 1.29 is 9.53 Å². The Hall–Kier alpha value is -2.80. The van der Waals surface area contributed by atoms with E-state index in [0.717, 1.165) is 31.7 Å². The highest BCUT2D eigenvalue weighted by molar-refractivity contribution is 5.98. The topological polar surface area (TPSA) is 106 Å². The highest BCUT2D eigenvalue weighted by atomic mass is 16.5. The predicted octanol–water partition coefficient (Wildman–Crippen LogP) is 3.26. The molecule has 31 heavy (non-hydrogen) atoms. The largest absolute Gasteiger partial charge is 0.497 e. The number of rotatable bonds is 6. The molecule has 7 nitrogen and oxygen atoms in total. The number of nitrogens with one attached hydrogen (secondary N) is 1. The second kappa shape index (κ2) is 8.75. The van der Waals surface area contributed by atoms with Crippen LogP contribution in [-0.4, -0.2) is 37.1 Å². The molecule has 0 bridgehead atoms. The molecular weight excluding hydrogens is 390 g/mol. The number of benzene rings is 1. The van der Waals surface area contributed by atoms with Gasteiger partial charge in [0.15, 0.2) is 0 Å². The van der Waals surface area contributed by atoms with Crippen molar-refractivity contribution in [3.8, 4) is 5.75 Å². The molecule has 1 aliphatic carbocycles. The third-order valence-corrected chi connectivity index (χ3v) is 7.19. The fourth-order valence-corrected chi connectivity index (χ4v) is 5.35. The minimum Gasteiger partial charge on any atom is -0.497 e. The van der Waals surface area contributed by atoms with E-state index in [-0.39, 0.29) is 11.5 Å². The number of primary amides is 1. The molecule has 0 unspecified atom stereocenters. The molecule has 1 amide bonds. The van der Waals surface area contributed by atoms with Gasteiger partial charge in [-0.15, -0.1) is 0 Å². The van der Waals surface area contributed by atoms with Crippen LogP contribution in [0.15, 0.2) is 36.4 Å². The average molecular weight is 424 g/mol. The second-order valence-corrected chi connectivity index (χ2v) is 8.93. The standard InChI is InChI=1S/C24H33N5O2/c1-16(17-5-7-18(31-2)8-6-17)27-20-4-3-11-24(20)12-14-29(15-13-24)23-19(22(26)30)9-10-21(25)28-23/h5-10,16,20,27H,3-4,11-15H2,1-2H3,(H2,25,28)(H2,26,30)/t16-,20-/m1/s1. The Labute approximate surface area is 184 Å². The lowest BCUT2D eigenvalue weighted by atomic mass is 9.73. The lowest BCUT2D eigenvalue weighted by Gasteiger charge is -2.45. The monoisotopic (exact) mass is 423 g/mol. The predicted molar refractivity (Wildman–Crippen MR) is 123 cm³/mol. The van der Waals surface area contributed by atoms with Crippen LogP contribution in [0.2, 0.25) is 0 Å². The van der Waals surface area contributed by atoms with Crippen LogP contribution in [0.25, 0.3) is 0 Å². The summed E-state index contributed by atoms with van der Waals surface area (Å²) in [7, 11) is 1.69. The normalized spacial score (nSPS) is 21.2. The zero-order valence-electron chi connectivity index (χ0n) is 18.4. The van der Waals surface area contributed by atoms with Crippen molar-refractivity contribution in [2.75, 3.05) is 30.8 Å². The lowest BCUT2D eigenvalue weighted by Crippen LogP contribution is -2.49.